The molecule has 1 amide bonds. The Kier molecular flexibility index (Phi) is 7.57. The Hall–Kier alpha value is -0.860. The molecule has 1 fully saturated rings. The molecule has 1 aromatic heterocycles. The molecule has 1 aliphatic heterocycles. The van der Waals surface area contributed by atoms with E-state index in [1.807, 2.05) is 6.07 Å². The Bertz CT molecular complexity index is 718. The number of carbonyl (C=O) groups excluding carboxylic acids is 1. The number of thioether (sulfide) groups is 1. The Morgan fingerprint density at radius 1 is 1.38 bits per heavy atom. The van der Waals surface area contributed by atoms with E-state index in [0.29, 0.717) is 12.3 Å². The summed E-state index contributed by atoms with van der Waals surface area (Å²) in [6.45, 7) is 6.04. The van der Waals surface area contributed by atoms with Crippen LogP contribution in [0.3, 0.4) is 0 Å². The van der Waals surface area contributed by atoms with Gasteiger partial charge < -0.3 is 10.1 Å². The van der Waals surface area contributed by atoms with Crippen LogP contribution in [0.5, 0.6) is 0 Å². The van der Waals surface area contributed by atoms with Crippen molar-refractivity contribution in [2.24, 2.45) is 0 Å². The largest absolute Gasteiger partial charge is 0.379 e. The summed E-state index contributed by atoms with van der Waals surface area (Å²) in [6.07, 6.45) is 0. The monoisotopic (exact) mass is 454 g/mol. The molecule has 0 spiro atoms. The fourth-order valence-electron chi connectivity index (χ4n) is 2.96. The summed E-state index contributed by atoms with van der Waals surface area (Å²) >= 11 is 6.80. The van der Waals surface area contributed by atoms with Crippen molar-refractivity contribution in [2.75, 3.05) is 38.6 Å². The van der Waals surface area contributed by atoms with Crippen molar-refractivity contribution in [3.8, 4) is 0 Å². The molecule has 1 N–H and O–H groups in total. The number of hydrogen-bond donors (Lipinski definition) is 1. The maximum Gasteiger partial charge on any atom is 0.230 e. The third kappa shape index (κ3) is 5.57. The number of ether oxygens (including phenoxy) is 1. The van der Waals surface area contributed by atoms with E-state index in [2.05, 4.69) is 62.7 Å². The number of carbonyl (C=O) groups is 1. The molecular formula is C19H23BrN2O2S2. The van der Waals surface area contributed by atoms with Gasteiger partial charge >= 0.3 is 0 Å². The molecule has 26 heavy (non-hydrogen) atoms. The molecule has 0 saturated carbocycles. The quantitative estimate of drug-likeness (QED) is 0.639. The average molecular weight is 455 g/mol. The van der Waals surface area contributed by atoms with Gasteiger partial charge in [-0.15, -0.1) is 23.1 Å². The summed E-state index contributed by atoms with van der Waals surface area (Å²) < 4.78 is 6.53. The first-order valence-electron chi connectivity index (χ1n) is 8.64. The standard InChI is InChI=1S/C19H23BrN2O2S2/c1-14-11-15(20)4-5-17(14)26-13-19(23)21-12-16(18-3-2-10-25-18)22-6-8-24-9-7-22/h2-5,10-11,16H,6-9,12-13H2,1H3,(H,21,23)/t16-/m1/s1. The van der Waals surface area contributed by atoms with Crippen LogP contribution < -0.4 is 5.32 Å². The molecule has 1 aromatic carbocycles. The fraction of sp³-hybridized carbons (Fsp3) is 0.421. The van der Waals surface area contributed by atoms with Gasteiger partial charge in [-0.25, -0.2) is 0 Å². The first-order chi connectivity index (χ1) is 12.6. The van der Waals surface area contributed by atoms with Crippen LogP contribution in [-0.4, -0.2) is 49.4 Å². The summed E-state index contributed by atoms with van der Waals surface area (Å²) in [4.78, 5) is 17.2. The number of hydrogen-bond acceptors (Lipinski definition) is 5. The number of benzene rings is 1. The summed E-state index contributed by atoms with van der Waals surface area (Å²) in [6, 6.07) is 10.6. The summed E-state index contributed by atoms with van der Waals surface area (Å²) in [5.74, 6) is 0.509. The third-order valence-electron chi connectivity index (χ3n) is 4.35. The molecule has 140 valence electrons. The van der Waals surface area contributed by atoms with Gasteiger partial charge in [0, 0.05) is 33.9 Å². The molecule has 2 aromatic rings. The first kappa shape index (κ1) is 19.9. The Morgan fingerprint density at radius 2 is 2.19 bits per heavy atom. The van der Waals surface area contributed by atoms with Gasteiger partial charge in [0.1, 0.15) is 0 Å². The second-order valence-corrected chi connectivity index (χ2v) is 9.09. The maximum absolute atomic E-state index is 12.4. The van der Waals surface area contributed by atoms with Crippen molar-refractivity contribution in [1.82, 2.24) is 10.2 Å². The molecule has 7 heteroatoms. The lowest BCUT2D eigenvalue weighted by molar-refractivity contribution is -0.118. The topological polar surface area (TPSA) is 41.6 Å². The van der Waals surface area contributed by atoms with Crippen LogP contribution in [-0.2, 0) is 9.53 Å². The van der Waals surface area contributed by atoms with Crippen molar-refractivity contribution in [3.05, 3.63) is 50.6 Å². The highest BCUT2D eigenvalue weighted by Gasteiger charge is 2.23. The minimum Gasteiger partial charge on any atom is -0.379 e. The van der Waals surface area contributed by atoms with Crippen LogP contribution in [0.4, 0.5) is 0 Å². The van der Waals surface area contributed by atoms with Gasteiger partial charge in [0.15, 0.2) is 0 Å². The number of morpholine rings is 1. The van der Waals surface area contributed by atoms with Crippen molar-refractivity contribution in [1.29, 1.82) is 0 Å². The van der Waals surface area contributed by atoms with Gasteiger partial charge in [0.25, 0.3) is 0 Å². The molecule has 0 aliphatic carbocycles. The van der Waals surface area contributed by atoms with Crippen molar-refractivity contribution in [2.45, 2.75) is 17.9 Å². The molecule has 2 heterocycles. The lowest BCUT2D eigenvalue weighted by Crippen LogP contribution is -2.43. The van der Waals surface area contributed by atoms with E-state index in [0.717, 1.165) is 35.7 Å². The van der Waals surface area contributed by atoms with Crippen LogP contribution in [0, 0.1) is 6.92 Å². The summed E-state index contributed by atoms with van der Waals surface area (Å²) in [5, 5.41) is 5.22. The Balaban J connectivity index is 1.53. The number of amides is 1. The van der Waals surface area contributed by atoms with Gasteiger partial charge in [-0.2, -0.15) is 0 Å². The van der Waals surface area contributed by atoms with E-state index < -0.39 is 0 Å². The fourth-order valence-corrected chi connectivity index (χ4v) is 5.14. The number of halogens is 1. The van der Waals surface area contributed by atoms with Crippen LogP contribution in [0.1, 0.15) is 16.5 Å². The molecular weight excluding hydrogens is 432 g/mol. The molecule has 0 unspecified atom stereocenters. The summed E-state index contributed by atoms with van der Waals surface area (Å²) in [5.41, 5.74) is 1.18. The molecule has 1 atom stereocenters. The molecule has 4 nitrogen and oxygen atoms in total. The molecule has 0 radical (unpaired) electrons. The second-order valence-electron chi connectivity index (χ2n) is 6.18. The highest BCUT2D eigenvalue weighted by atomic mass is 79.9. The molecule has 3 rings (SSSR count). The zero-order chi connectivity index (χ0) is 18.4. The average Bonchev–Trinajstić information content (AvgIpc) is 3.16. The zero-order valence-electron chi connectivity index (χ0n) is 14.7. The molecule has 1 aliphatic rings. The van der Waals surface area contributed by atoms with Gasteiger partial charge in [0.05, 0.1) is 25.0 Å². The number of rotatable bonds is 7. The van der Waals surface area contributed by atoms with Crippen LogP contribution >= 0.6 is 39.0 Å². The van der Waals surface area contributed by atoms with Crippen LogP contribution in [0.25, 0.3) is 0 Å². The number of nitrogens with one attached hydrogen (secondary N) is 1. The highest BCUT2D eigenvalue weighted by molar-refractivity contribution is 9.10. The highest BCUT2D eigenvalue weighted by Crippen LogP contribution is 2.27. The maximum atomic E-state index is 12.4. The number of nitrogens with zero attached hydrogens (tertiary/aromatic N) is 1. The minimum atomic E-state index is 0.0761. The minimum absolute atomic E-state index is 0.0761. The van der Waals surface area contributed by atoms with Gasteiger partial charge in [-0.1, -0.05) is 22.0 Å². The normalized spacial score (nSPS) is 16.4. The van der Waals surface area contributed by atoms with E-state index >= 15 is 0 Å². The van der Waals surface area contributed by atoms with Gasteiger partial charge in [-0.05, 0) is 42.1 Å². The lowest BCUT2D eigenvalue weighted by Gasteiger charge is -2.34. The molecule has 1 saturated heterocycles. The van der Waals surface area contributed by atoms with Crippen molar-refractivity contribution in [3.63, 3.8) is 0 Å². The van der Waals surface area contributed by atoms with Gasteiger partial charge in [-0.3, -0.25) is 9.69 Å². The van der Waals surface area contributed by atoms with E-state index in [4.69, 9.17) is 4.74 Å². The van der Waals surface area contributed by atoms with Gasteiger partial charge in [0.2, 0.25) is 5.91 Å². The van der Waals surface area contributed by atoms with Crippen molar-refractivity contribution < 1.29 is 9.53 Å². The smallest absolute Gasteiger partial charge is 0.230 e. The predicted molar refractivity (Wildman–Crippen MR) is 112 cm³/mol. The van der Waals surface area contributed by atoms with E-state index in [-0.39, 0.29) is 11.9 Å². The summed E-state index contributed by atoms with van der Waals surface area (Å²) in [7, 11) is 0. The van der Waals surface area contributed by atoms with Crippen LogP contribution in [0.15, 0.2) is 45.1 Å². The predicted octanol–water partition coefficient (Wildman–Crippen LogP) is 4.10. The van der Waals surface area contributed by atoms with Crippen LogP contribution in [0.2, 0.25) is 0 Å². The van der Waals surface area contributed by atoms with E-state index in [1.165, 1.54) is 10.4 Å². The Labute approximate surface area is 171 Å². The Morgan fingerprint density at radius 3 is 2.88 bits per heavy atom. The third-order valence-corrected chi connectivity index (χ3v) is 6.99. The second kappa shape index (κ2) is 9.90. The van der Waals surface area contributed by atoms with E-state index in [1.54, 1.807) is 23.1 Å². The number of aryl methyl sites for hydroxylation is 1. The van der Waals surface area contributed by atoms with E-state index in [9.17, 15) is 4.79 Å². The van der Waals surface area contributed by atoms with Crippen molar-refractivity contribution >= 4 is 44.9 Å². The lowest BCUT2D eigenvalue weighted by atomic mass is 10.2. The first-order valence-corrected chi connectivity index (χ1v) is 11.3. The SMILES string of the molecule is Cc1cc(Br)ccc1SCC(=O)NC[C@H](c1cccs1)N1CCOCC1. The number of thiophene rings is 1. The zero-order valence-corrected chi connectivity index (χ0v) is 18.0. The molecule has 0 bridgehead atoms.